The Labute approximate surface area is 112 Å². The summed E-state index contributed by atoms with van der Waals surface area (Å²) >= 11 is 3.51. The second kappa shape index (κ2) is 6.62. The first-order valence-electron chi connectivity index (χ1n) is 6.91. The maximum atomic E-state index is 11.9. The number of carbonyl (C=O) groups excluding carboxylic acids is 1. The number of alkyl halides is 1. The number of hydrogen-bond acceptors (Lipinski definition) is 1. The van der Waals surface area contributed by atoms with Gasteiger partial charge in [0.15, 0.2) is 0 Å². The predicted octanol–water partition coefficient (Wildman–Crippen LogP) is 3.14. The molecule has 1 aliphatic heterocycles. The summed E-state index contributed by atoms with van der Waals surface area (Å²) in [5.41, 5.74) is 0. The van der Waals surface area contributed by atoms with Crippen LogP contribution in [-0.2, 0) is 0 Å². The molecule has 0 aromatic heterocycles. The third-order valence-corrected chi connectivity index (χ3v) is 4.54. The zero-order valence-electron chi connectivity index (χ0n) is 10.5. The standard InChI is InChI=1S/C13H23BrN2O/c14-8-7-11-3-5-12(6-4-11)15-13(17)16-9-1-2-10-16/h11-12H,1-10H2,(H,15,17). The molecule has 2 fully saturated rings. The zero-order valence-corrected chi connectivity index (χ0v) is 12.0. The van der Waals surface area contributed by atoms with Gasteiger partial charge in [-0.15, -0.1) is 0 Å². The van der Waals surface area contributed by atoms with Gasteiger partial charge in [-0.05, 0) is 50.9 Å². The molecule has 98 valence electrons. The number of carbonyl (C=O) groups is 1. The Morgan fingerprint density at radius 3 is 2.41 bits per heavy atom. The number of likely N-dealkylation sites (tertiary alicyclic amines) is 1. The first-order valence-corrected chi connectivity index (χ1v) is 8.03. The highest BCUT2D eigenvalue weighted by Gasteiger charge is 2.24. The first kappa shape index (κ1) is 13.2. The van der Waals surface area contributed by atoms with E-state index in [0.29, 0.717) is 6.04 Å². The molecule has 0 aromatic carbocycles. The largest absolute Gasteiger partial charge is 0.335 e. The van der Waals surface area contributed by atoms with Gasteiger partial charge in [0.25, 0.3) is 0 Å². The lowest BCUT2D eigenvalue weighted by atomic mass is 9.84. The Balaban J connectivity index is 1.68. The van der Waals surface area contributed by atoms with Crippen molar-refractivity contribution in [3.63, 3.8) is 0 Å². The van der Waals surface area contributed by atoms with Crippen LogP contribution in [0.25, 0.3) is 0 Å². The van der Waals surface area contributed by atoms with Gasteiger partial charge in [-0.25, -0.2) is 4.79 Å². The van der Waals surface area contributed by atoms with Crippen molar-refractivity contribution in [3.05, 3.63) is 0 Å². The summed E-state index contributed by atoms with van der Waals surface area (Å²) in [5, 5.41) is 4.31. The highest BCUT2D eigenvalue weighted by molar-refractivity contribution is 9.09. The van der Waals surface area contributed by atoms with E-state index in [0.717, 1.165) is 37.2 Å². The molecule has 0 atom stereocenters. The lowest BCUT2D eigenvalue weighted by molar-refractivity contribution is 0.196. The molecule has 4 heteroatoms. The molecule has 0 spiro atoms. The van der Waals surface area contributed by atoms with Crippen LogP contribution in [0.5, 0.6) is 0 Å². The normalized spacial score (nSPS) is 29.4. The topological polar surface area (TPSA) is 32.3 Å². The Bertz CT molecular complexity index is 246. The highest BCUT2D eigenvalue weighted by Crippen LogP contribution is 2.27. The van der Waals surface area contributed by atoms with E-state index in [4.69, 9.17) is 0 Å². The smallest absolute Gasteiger partial charge is 0.317 e. The van der Waals surface area contributed by atoms with Crippen LogP contribution < -0.4 is 5.32 Å². The van der Waals surface area contributed by atoms with E-state index < -0.39 is 0 Å². The number of urea groups is 1. The van der Waals surface area contributed by atoms with E-state index in [1.807, 2.05) is 4.90 Å². The van der Waals surface area contributed by atoms with Crippen molar-refractivity contribution < 1.29 is 4.79 Å². The Hall–Kier alpha value is -0.250. The second-order valence-electron chi connectivity index (χ2n) is 5.34. The summed E-state index contributed by atoms with van der Waals surface area (Å²) in [5.74, 6) is 0.870. The Kier molecular flexibility index (Phi) is 5.14. The second-order valence-corrected chi connectivity index (χ2v) is 6.13. The fraction of sp³-hybridized carbons (Fsp3) is 0.923. The van der Waals surface area contributed by atoms with Crippen LogP contribution in [-0.4, -0.2) is 35.4 Å². The summed E-state index contributed by atoms with van der Waals surface area (Å²) in [4.78, 5) is 13.9. The molecule has 0 aromatic rings. The first-order chi connectivity index (χ1) is 8.29. The number of amides is 2. The minimum absolute atomic E-state index is 0.173. The molecule has 17 heavy (non-hydrogen) atoms. The van der Waals surface area contributed by atoms with Crippen LogP contribution in [0.2, 0.25) is 0 Å². The van der Waals surface area contributed by atoms with E-state index in [1.54, 1.807) is 0 Å². The summed E-state index contributed by atoms with van der Waals surface area (Å²) in [6.45, 7) is 1.90. The maximum absolute atomic E-state index is 11.9. The summed E-state index contributed by atoms with van der Waals surface area (Å²) in [6, 6.07) is 0.598. The van der Waals surface area contributed by atoms with Crippen molar-refractivity contribution in [2.45, 2.75) is 51.0 Å². The van der Waals surface area contributed by atoms with Gasteiger partial charge in [-0.3, -0.25) is 0 Å². The molecule has 2 amide bonds. The lowest BCUT2D eigenvalue weighted by Crippen LogP contribution is -2.44. The fourth-order valence-electron chi connectivity index (χ4n) is 2.94. The molecule has 1 saturated heterocycles. The van der Waals surface area contributed by atoms with E-state index in [1.165, 1.54) is 32.1 Å². The Morgan fingerprint density at radius 1 is 1.18 bits per heavy atom. The average molecular weight is 303 g/mol. The molecule has 1 heterocycles. The molecule has 0 bridgehead atoms. The molecular formula is C13H23BrN2O. The van der Waals surface area contributed by atoms with E-state index in [-0.39, 0.29) is 6.03 Å². The van der Waals surface area contributed by atoms with Crippen molar-refractivity contribution >= 4 is 22.0 Å². The summed E-state index contributed by atoms with van der Waals surface area (Å²) < 4.78 is 0. The highest BCUT2D eigenvalue weighted by atomic mass is 79.9. The number of nitrogens with zero attached hydrogens (tertiary/aromatic N) is 1. The minimum atomic E-state index is 0.173. The number of rotatable bonds is 3. The van der Waals surface area contributed by atoms with E-state index >= 15 is 0 Å². The van der Waals surface area contributed by atoms with Crippen molar-refractivity contribution in [2.75, 3.05) is 18.4 Å². The molecule has 0 unspecified atom stereocenters. The zero-order chi connectivity index (χ0) is 12.1. The molecular weight excluding hydrogens is 280 g/mol. The maximum Gasteiger partial charge on any atom is 0.317 e. The quantitative estimate of drug-likeness (QED) is 0.798. The van der Waals surface area contributed by atoms with Crippen molar-refractivity contribution in [3.8, 4) is 0 Å². The Morgan fingerprint density at radius 2 is 1.82 bits per heavy atom. The van der Waals surface area contributed by atoms with Crippen molar-refractivity contribution in [2.24, 2.45) is 5.92 Å². The van der Waals surface area contributed by atoms with Gasteiger partial charge >= 0.3 is 6.03 Å². The van der Waals surface area contributed by atoms with Gasteiger partial charge in [0, 0.05) is 24.5 Å². The van der Waals surface area contributed by atoms with Crippen LogP contribution in [0, 0.1) is 5.92 Å². The number of halogens is 1. The number of nitrogens with one attached hydrogen (secondary N) is 1. The number of hydrogen-bond donors (Lipinski definition) is 1. The van der Waals surface area contributed by atoms with E-state index in [2.05, 4.69) is 21.2 Å². The van der Waals surface area contributed by atoms with Crippen LogP contribution >= 0.6 is 15.9 Å². The van der Waals surface area contributed by atoms with Crippen LogP contribution in [0.4, 0.5) is 4.79 Å². The summed E-state index contributed by atoms with van der Waals surface area (Å²) in [7, 11) is 0. The molecule has 2 aliphatic rings. The fourth-order valence-corrected chi connectivity index (χ4v) is 3.58. The van der Waals surface area contributed by atoms with Gasteiger partial charge in [-0.1, -0.05) is 15.9 Å². The minimum Gasteiger partial charge on any atom is -0.335 e. The van der Waals surface area contributed by atoms with Gasteiger partial charge < -0.3 is 10.2 Å². The van der Waals surface area contributed by atoms with Gasteiger partial charge in [-0.2, -0.15) is 0 Å². The van der Waals surface area contributed by atoms with Gasteiger partial charge in [0.05, 0.1) is 0 Å². The monoisotopic (exact) mass is 302 g/mol. The van der Waals surface area contributed by atoms with Crippen molar-refractivity contribution in [1.29, 1.82) is 0 Å². The van der Waals surface area contributed by atoms with Gasteiger partial charge in [0.1, 0.15) is 0 Å². The molecule has 3 nitrogen and oxygen atoms in total. The predicted molar refractivity (Wildman–Crippen MR) is 73.5 cm³/mol. The van der Waals surface area contributed by atoms with E-state index in [9.17, 15) is 4.79 Å². The van der Waals surface area contributed by atoms with Crippen molar-refractivity contribution in [1.82, 2.24) is 10.2 Å². The molecule has 1 aliphatic carbocycles. The van der Waals surface area contributed by atoms with Crippen LogP contribution in [0.3, 0.4) is 0 Å². The SMILES string of the molecule is O=C(NC1CCC(CCBr)CC1)N1CCCC1. The van der Waals surface area contributed by atoms with Gasteiger partial charge in [0.2, 0.25) is 0 Å². The molecule has 2 rings (SSSR count). The molecule has 0 radical (unpaired) electrons. The summed E-state index contributed by atoms with van der Waals surface area (Å²) in [6.07, 6.45) is 8.51. The lowest BCUT2D eigenvalue weighted by Gasteiger charge is -2.30. The molecule has 1 N–H and O–H groups in total. The third kappa shape index (κ3) is 3.87. The van der Waals surface area contributed by atoms with Crippen LogP contribution in [0.1, 0.15) is 44.9 Å². The molecule has 1 saturated carbocycles. The van der Waals surface area contributed by atoms with Crippen LogP contribution in [0.15, 0.2) is 0 Å². The third-order valence-electron chi connectivity index (χ3n) is 4.08. The average Bonchev–Trinajstić information content (AvgIpc) is 2.86.